The van der Waals surface area contributed by atoms with Gasteiger partial charge in [-0.3, -0.25) is 13.8 Å². The Balaban J connectivity index is 1.61. The zero-order valence-electron chi connectivity index (χ0n) is 25.1. The Hall–Kier alpha value is -6.28. The topological polar surface area (TPSA) is 70.2 Å². The van der Waals surface area contributed by atoms with Crippen LogP contribution in [0.4, 0.5) is 0 Å². The number of rotatable bonds is 3. The molecule has 0 radical (unpaired) electrons. The lowest BCUT2D eigenvalue weighted by atomic mass is 10.1. The summed E-state index contributed by atoms with van der Waals surface area (Å²) in [6.07, 6.45) is 9.63. The fourth-order valence-corrected chi connectivity index (χ4v) is 7.29. The summed E-state index contributed by atoms with van der Waals surface area (Å²) >= 11 is 0. The Bertz CT molecular complexity index is 2840. The van der Waals surface area contributed by atoms with E-state index in [1.165, 1.54) is 0 Å². The van der Waals surface area contributed by atoms with Crippen LogP contribution in [0.15, 0.2) is 122 Å². The summed E-state index contributed by atoms with van der Waals surface area (Å²) in [5.74, 6) is 0. The normalized spacial score (nSPS) is 12.1. The summed E-state index contributed by atoms with van der Waals surface area (Å²) in [5, 5.41) is 4.33. The van der Waals surface area contributed by atoms with Crippen molar-refractivity contribution in [2.24, 2.45) is 14.1 Å². The van der Waals surface area contributed by atoms with Crippen LogP contribution in [0.1, 0.15) is 11.4 Å². The van der Waals surface area contributed by atoms with Crippen molar-refractivity contribution in [3.8, 4) is 11.3 Å². The Kier molecular flexibility index (Phi) is 4.97. The van der Waals surface area contributed by atoms with Crippen molar-refractivity contribution in [2.75, 3.05) is 0 Å². The molecule has 0 saturated carbocycles. The van der Waals surface area contributed by atoms with Gasteiger partial charge in [0.2, 0.25) is 0 Å². The second kappa shape index (κ2) is 9.12. The molecule has 0 spiro atoms. The largest absolute Gasteiger partial charge is 0.350 e. The molecular weight excluding hydrogens is 568 g/mol. The first-order valence-corrected chi connectivity index (χ1v) is 15.3. The predicted molar refractivity (Wildman–Crippen MR) is 183 cm³/mol. The summed E-state index contributed by atoms with van der Waals surface area (Å²) in [7, 11) is 4.19. The van der Waals surface area contributed by atoms with Gasteiger partial charge in [0.15, 0.2) is 11.3 Å². The number of hydrogen-bond acceptors (Lipinski definition) is 4. The van der Waals surface area contributed by atoms with Crippen LogP contribution in [0, 0.1) is 0 Å². The molecule has 0 fully saturated rings. The maximum absolute atomic E-state index is 5.30. The number of benzene rings is 3. The molecule has 10 aromatic rings. The third-order valence-corrected chi connectivity index (χ3v) is 9.29. The van der Waals surface area contributed by atoms with Crippen molar-refractivity contribution in [1.82, 2.24) is 37.9 Å². The van der Waals surface area contributed by atoms with Gasteiger partial charge in [-0.1, -0.05) is 66.7 Å². The predicted octanol–water partition coefficient (Wildman–Crippen LogP) is 6.70. The van der Waals surface area contributed by atoms with Crippen LogP contribution in [0.25, 0.3) is 71.7 Å². The molecular formula is C38H26N8. The van der Waals surface area contributed by atoms with E-state index in [4.69, 9.17) is 19.9 Å². The Morgan fingerprint density at radius 2 is 1.13 bits per heavy atom. The third-order valence-electron chi connectivity index (χ3n) is 9.29. The molecule has 7 heterocycles. The van der Waals surface area contributed by atoms with Crippen LogP contribution >= 0.6 is 0 Å². The van der Waals surface area contributed by atoms with E-state index < -0.39 is 0 Å². The maximum atomic E-state index is 5.30. The van der Waals surface area contributed by atoms with Crippen LogP contribution in [-0.4, -0.2) is 37.9 Å². The number of fused-ring (bicyclic) bond motifs is 7. The van der Waals surface area contributed by atoms with E-state index >= 15 is 0 Å². The first-order chi connectivity index (χ1) is 22.7. The zero-order valence-corrected chi connectivity index (χ0v) is 25.1. The van der Waals surface area contributed by atoms with Gasteiger partial charge in [0.25, 0.3) is 0 Å². The first kappa shape index (κ1) is 25.1. The van der Waals surface area contributed by atoms with Crippen LogP contribution < -0.4 is 5.48 Å². The lowest BCUT2D eigenvalue weighted by molar-refractivity contribution is 0.870. The number of para-hydroxylation sites is 2. The molecule has 10 rings (SSSR count). The number of hydrogen-bond donors (Lipinski definition) is 0. The highest BCUT2D eigenvalue weighted by Gasteiger charge is 2.25. The van der Waals surface area contributed by atoms with Crippen molar-refractivity contribution in [3.63, 3.8) is 0 Å². The fourth-order valence-electron chi connectivity index (χ4n) is 7.29. The van der Waals surface area contributed by atoms with E-state index in [2.05, 4.69) is 117 Å². The van der Waals surface area contributed by atoms with Gasteiger partial charge in [-0.05, 0) is 24.3 Å². The lowest BCUT2D eigenvalue weighted by Crippen LogP contribution is -2.26. The van der Waals surface area contributed by atoms with Crippen molar-refractivity contribution in [1.29, 1.82) is 0 Å². The first-order valence-electron chi connectivity index (χ1n) is 15.3. The smallest absolute Gasteiger partial charge is 0.165 e. The minimum absolute atomic E-state index is 0.782. The molecule has 0 aliphatic rings. The maximum Gasteiger partial charge on any atom is 0.165 e. The Labute approximate surface area is 262 Å². The van der Waals surface area contributed by atoms with Gasteiger partial charge in [-0.2, -0.15) is 0 Å². The van der Waals surface area contributed by atoms with E-state index in [9.17, 15) is 0 Å². The van der Waals surface area contributed by atoms with E-state index in [0.717, 1.165) is 88.6 Å². The van der Waals surface area contributed by atoms with E-state index in [-0.39, 0.29) is 0 Å². The highest BCUT2D eigenvalue weighted by Crippen LogP contribution is 2.37. The average molecular weight is 595 g/mol. The van der Waals surface area contributed by atoms with Gasteiger partial charge in [-0.15, -0.1) is 0 Å². The lowest BCUT2D eigenvalue weighted by Gasteiger charge is -2.13. The molecule has 8 nitrogen and oxygen atoms in total. The van der Waals surface area contributed by atoms with Gasteiger partial charge in [0.05, 0.1) is 39.9 Å². The zero-order chi connectivity index (χ0) is 30.5. The standard InChI is InChI=1S/C38H26N8/c1-43-20-8-16-29(43)31(30-17-9-21-44(30)2)38-45-34-24(12-6-14-26(34)32-36(45)40-19-18-39-32)25-13-7-15-27-33-37(46(38)35(25)27)41-22-28(42-33)23-10-4-3-5-11-23/h3-22H,1-2H3. The summed E-state index contributed by atoms with van der Waals surface area (Å²) in [6, 6.07) is 31.8. The quantitative estimate of drug-likeness (QED) is 0.228. The molecule has 0 aliphatic heterocycles. The molecule has 3 aromatic carbocycles. The minimum Gasteiger partial charge on any atom is -0.350 e. The molecule has 0 amide bonds. The Morgan fingerprint density at radius 1 is 0.543 bits per heavy atom. The van der Waals surface area contributed by atoms with Gasteiger partial charge in [-0.25, -0.2) is 15.0 Å². The molecule has 0 aliphatic carbocycles. The highest BCUT2D eigenvalue weighted by molar-refractivity contribution is 6.22. The van der Waals surface area contributed by atoms with Crippen LogP contribution in [0.3, 0.4) is 0 Å². The van der Waals surface area contributed by atoms with Crippen LogP contribution in [0.5, 0.6) is 0 Å². The van der Waals surface area contributed by atoms with E-state index in [1.54, 1.807) is 12.4 Å². The summed E-state index contributed by atoms with van der Waals surface area (Å²) < 4.78 is 8.96. The molecule has 0 unspecified atom stereocenters. The summed E-state index contributed by atoms with van der Waals surface area (Å²) in [5.41, 5.74) is 11.4. The molecule has 218 valence electrons. The van der Waals surface area contributed by atoms with Crippen LogP contribution in [-0.2, 0) is 14.1 Å². The third kappa shape index (κ3) is 3.22. The van der Waals surface area contributed by atoms with Gasteiger partial charge < -0.3 is 9.13 Å². The summed E-state index contributed by atoms with van der Waals surface area (Å²) in [6.45, 7) is 0. The molecule has 46 heavy (non-hydrogen) atoms. The second-order valence-corrected chi connectivity index (χ2v) is 11.8. The average Bonchev–Trinajstić information content (AvgIpc) is 3.86. The van der Waals surface area contributed by atoms with Gasteiger partial charge in [0.1, 0.15) is 16.5 Å². The highest BCUT2D eigenvalue weighted by atomic mass is 15.1. The van der Waals surface area contributed by atoms with E-state index in [1.807, 2.05) is 24.4 Å². The van der Waals surface area contributed by atoms with Crippen molar-refractivity contribution >= 4 is 60.5 Å². The molecule has 0 bridgehead atoms. The minimum atomic E-state index is 0.782. The molecule has 7 aromatic heterocycles. The molecule has 0 saturated heterocycles. The number of aryl methyl sites for hydroxylation is 2. The van der Waals surface area contributed by atoms with Crippen molar-refractivity contribution < 1.29 is 0 Å². The van der Waals surface area contributed by atoms with Gasteiger partial charge in [0, 0.05) is 66.0 Å². The van der Waals surface area contributed by atoms with Crippen LogP contribution in [0.2, 0.25) is 0 Å². The Morgan fingerprint density at radius 3 is 1.76 bits per heavy atom. The van der Waals surface area contributed by atoms with E-state index in [0.29, 0.717) is 0 Å². The van der Waals surface area contributed by atoms with Crippen molar-refractivity contribution in [3.05, 3.63) is 139 Å². The number of nitrogens with zero attached hydrogens (tertiary/aromatic N) is 8. The number of aromatic nitrogens is 8. The molecule has 8 heteroatoms. The molecule has 0 N–H and O–H groups in total. The summed E-state index contributed by atoms with van der Waals surface area (Å²) in [4.78, 5) is 20.4. The van der Waals surface area contributed by atoms with Gasteiger partial charge >= 0.3 is 0 Å². The SMILES string of the molecule is Cn1cccc1C(c1cccn1C)=c1n2c3nccnc3c3cccc(c4cccc5c6nc(-c7ccccc7)cnc6n1c45)c32. The fraction of sp³-hybridized carbons (Fsp3) is 0.0526. The molecule has 0 atom stereocenters. The van der Waals surface area contributed by atoms with Crippen molar-refractivity contribution in [2.45, 2.75) is 0 Å². The second-order valence-electron chi connectivity index (χ2n) is 11.8. The monoisotopic (exact) mass is 594 g/mol.